The molecule has 0 spiro atoms. The number of aromatic nitrogens is 2. The van der Waals surface area contributed by atoms with Crippen molar-refractivity contribution in [2.75, 3.05) is 21.3 Å². The van der Waals surface area contributed by atoms with E-state index in [1.165, 1.54) is 32.3 Å². The summed E-state index contributed by atoms with van der Waals surface area (Å²) in [5.74, 6) is 0. The van der Waals surface area contributed by atoms with Crippen LogP contribution in [0.2, 0.25) is 6.04 Å². The van der Waals surface area contributed by atoms with Gasteiger partial charge in [-0.25, -0.2) is 0 Å². The van der Waals surface area contributed by atoms with E-state index in [1.807, 2.05) is 18.6 Å². The van der Waals surface area contributed by atoms with Gasteiger partial charge in [-0.2, -0.15) is 0 Å². The molecule has 2 aromatic heterocycles. The maximum atomic E-state index is 5.52. The van der Waals surface area contributed by atoms with E-state index in [1.54, 1.807) is 21.3 Å². The van der Waals surface area contributed by atoms with Crippen LogP contribution in [0.1, 0.15) is 12.1 Å². The molecule has 4 aromatic rings. The highest BCUT2D eigenvalue weighted by molar-refractivity contribution is 6.60. The lowest BCUT2D eigenvalue weighted by Crippen LogP contribution is -2.42. The summed E-state index contributed by atoms with van der Waals surface area (Å²) in [6.07, 6.45) is 7.59. The Morgan fingerprint density at radius 2 is 1.42 bits per heavy atom. The monoisotopic (exact) mass is 366 g/mol. The molecule has 26 heavy (non-hydrogen) atoms. The first-order chi connectivity index (χ1) is 12.7. The zero-order valence-electron chi connectivity index (χ0n) is 15.3. The molecule has 2 aromatic carbocycles. The Hall–Kier alpha value is -2.12. The molecule has 0 aliphatic rings. The maximum Gasteiger partial charge on any atom is 0.500 e. The van der Waals surface area contributed by atoms with Gasteiger partial charge in [0.05, 0.1) is 0 Å². The Morgan fingerprint density at radius 1 is 0.808 bits per heavy atom. The number of nitrogens with zero attached hydrogens (tertiary/aromatic N) is 2. The average Bonchev–Trinajstić information content (AvgIpc) is 2.70. The number of aryl methyl sites for hydroxylation is 1. The van der Waals surface area contributed by atoms with E-state index in [2.05, 4.69) is 29.2 Å². The van der Waals surface area contributed by atoms with Gasteiger partial charge in [-0.05, 0) is 12.8 Å². The van der Waals surface area contributed by atoms with Crippen LogP contribution in [0.4, 0.5) is 0 Å². The third kappa shape index (κ3) is 2.75. The summed E-state index contributed by atoms with van der Waals surface area (Å²) < 4.78 is 16.6. The number of pyridine rings is 2. The first-order valence-corrected chi connectivity index (χ1v) is 10.7. The van der Waals surface area contributed by atoms with Crippen molar-refractivity contribution in [1.82, 2.24) is 9.97 Å². The molecule has 5 nitrogen and oxygen atoms in total. The van der Waals surface area contributed by atoms with E-state index < -0.39 is 8.80 Å². The summed E-state index contributed by atoms with van der Waals surface area (Å²) in [6, 6.07) is 9.32. The Morgan fingerprint density at radius 3 is 2.08 bits per heavy atom. The molecule has 0 amide bonds. The van der Waals surface area contributed by atoms with Gasteiger partial charge < -0.3 is 13.3 Å². The Balaban J connectivity index is 1.72. The van der Waals surface area contributed by atoms with Gasteiger partial charge in [0.25, 0.3) is 0 Å². The second kappa shape index (κ2) is 6.89. The lowest BCUT2D eigenvalue weighted by atomic mass is 9.95. The Labute approximate surface area is 153 Å². The van der Waals surface area contributed by atoms with Gasteiger partial charge in [-0.1, -0.05) is 24.3 Å². The van der Waals surface area contributed by atoms with Gasteiger partial charge in [0.1, 0.15) is 0 Å². The molecule has 0 saturated heterocycles. The highest BCUT2D eigenvalue weighted by Gasteiger charge is 2.36. The molecule has 0 aliphatic carbocycles. The van der Waals surface area contributed by atoms with Crippen LogP contribution >= 0.6 is 0 Å². The maximum absolute atomic E-state index is 5.52. The van der Waals surface area contributed by atoms with Crippen molar-refractivity contribution in [1.29, 1.82) is 0 Å². The second-order valence-corrected chi connectivity index (χ2v) is 9.55. The topological polar surface area (TPSA) is 53.5 Å². The summed E-state index contributed by atoms with van der Waals surface area (Å²) in [5, 5.41) is 7.27. The molecule has 0 radical (unpaired) electrons. The second-order valence-electron chi connectivity index (χ2n) is 6.46. The molecule has 0 unspecified atom stereocenters. The minimum absolute atomic E-state index is 0.768. The van der Waals surface area contributed by atoms with Crippen LogP contribution in [0.5, 0.6) is 0 Å². The van der Waals surface area contributed by atoms with Crippen molar-refractivity contribution in [3.05, 3.63) is 48.5 Å². The quantitative estimate of drug-likeness (QED) is 0.363. The fourth-order valence-electron chi connectivity index (χ4n) is 3.78. The Kier molecular flexibility index (Phi) is 4.58. The van der Waals surface area contributed by atoms with E-state index in [0.717, 1.165) is 24.6 Å². The van der Waals surface area contributed by atoms with E-state index in [-0.39, 0.29) is 0 Å². The van der Waals surface area contributed by atoms with Crippen molar-refractivity contribution in [3.8, 4) is 0 Å². The summed E-state index contributed by atoms with van der Waals surface area (Å²) in [5.41, 5.74) is 1.11. The lowest BCUT2D eigenvalue weighted by Gasteiger charge is -2.24. The minimum Gasteiger partial charge on any atom is -0.377 e. The first kappa shape index (κ1) is 17.3. The van der Waals surface area contributed by atoms with Gasteiger partial charge in [0, 0.05) is 84.0 Å². The van der Waals surface area contributed by atoms with Crippen LogP contribution in [-0.2, 0) is 19.7 Å². The molecule has 0 saturated carbocycles. The number of rotatable bonds is 7. The van der Waals surface area contributed by atoms with Gasteiger partial charge in [-0.3, -0.25) is 9.97 Å². The molecular weight excluding hydrogens is 344 g/mol. The molecule has 0 bridgehead atoms. The smallest absolute Gasteiger partial charge is 0.377 e. The highest BCUT2D eigenvalue weighted by Crippen LogP contribution is 2.35. The predicted molar refractivity (Wildman–Crippen MR) is 106 cm³/mol. The fraction of sp³-hybridized carbons (Fsp3) is 0.300. The predicted octanol–water partition coefficient (Wildman–Crippen LogP) is 4.18. The number of hydrogen-bond acceptors (Lipinski definition) is 5. The molecule has 0 atom stereocenters. The molecule has 0 aliphatic heterocycles. The van der Waals surface area contributed by atoms with Gasteiger partial charge in [0.15, 0.2) is 0 Å². The first-order valence-electron chi connectivity index (χ1n) is 8.73. The van der Waals surface area contributed by atoms with E-state index >= 15 is 0 Å². The van der Waals surface area contributed by atoms with E-state index in [9.17, 15) is 0 Å². The van der Waals surface area contributed by atoms with E-state index in [4.69, 9.17) is 18.3 Å². The van der Waals surface area contributed by atoms with Crippen LogP contribution in [0.25, 0.3) is 32.3 Å². The zero-order chi connectivity index (χ0) is 18.1. The SMILES string of the molecule is CO[Si](CCCc1ncc2ccc3cncc4ccc1c2c34)(OC)OC. The summed E-state index contributed by atoms with van der Waals surface area (Å²) >= 11 is 0. The van der Waals surface area contributed by atoms with Crippen molar-refractivity contribution >= 4 is 41.1 Å². The highest BCUT2D eigenvalue weighted by atomic mass is 28.4. The average molecular weight is 366 g/mol. The summed E-state index contributed by atoms with van der Waals surface area (Å²) in [6.45, 7) is 0. The van der Waals surface area contributed by atoms with Crippen molar-refractivity contribution in [2.24, 2.45) is 0 Å². The molecule has 4 rings (SSSR count). The van der Waals surface area contributed by atoms with Gasteiger partial charge >= 0.3 is 8.80 Å². The standard InChI is InChI=1S/C20H22N2O3Si/c1-23-26(24-2,25-3)10-4-5-18-17-9-8-15-12-21-11-14-6-7-16(13-22-18)20(17)19(14)15/h6-9,11-13H,4-5,10H2,1-3H3. The van der Waals surface area contributed by atoms with E-state index in [0.29, 0.717) is 0 Å². The molecular formula is C20H22N2O3Si. The lowest BCUT2D eigenvalue weighted by molar-refractivity contribution is 0.123. The molecule has 134 valence electrons. The molecule has 0 fully saturated rings. The molecule has 0 N–H and O–H groups in total. The molecule has 6 heteroatoms. The minimum atomic E-state index is -2.54. The fourth-order valence-corrected chi connectivity index (χ4v) is 5.50. The normalized spacial score (nSPS) is 12.6. The van der Waals surface area contributed by atoms with Crippen molar-refractivity contribution in [2.45, 2.75) is 18.9 Å². The third-order valence-corrected chi connectivity index (χ3v) is 8.02. The van der Waals surface area contributed by atoms with Crippen LogP contribution in [-0.4, -0.2) is 40.1 Å². The van der Waals surface area contributed by atoms with Crippen molar-refractivity contribution < 1.29 is 13.3 Å². The summed E-state index contributed by atoms with van der Waals surface area (Å²) in [4.78, 5) is 9.08. The third-order valence-electron chi connectivity index (χ3n) is 5.18. The van der Waals surface area contributed by atoms with Crippen molar-refractivity contribution in [3.63, 3.8) is 0 Å². The van der Waals surface area contributed by atoms with Crippen LogP contribution in [0.3, 0.4) is 0 Å². The van der Waals surface area contributed by atoms with Crippen LogP contribution in [0.15, 0.2) is 42.9 Å². The van der Waals surface area contributed by atoms with Crippen LogP contribution < -0.4 is 0 Å². The zero-order valence-corrected chi connectivity index (χ0v) is 16.3. The number of hydrogen-bond donors (Lipinski definition) is 0. The summed E-state index contributed by atoms with van der Waals surface area (Å²) in [7, 11) is 2.43. The number of benzene rings is 2. The molecule has 2 heterocycles. The Bertz CT molecular complexity index is 1030. The van der Waals surface area contributed by atoms with Gasteiger partial charge in [0.2, 0.25) is 0 Å². The van der Waals surface area contributed by atoms with Crippen LogP contribution in [0, 0.1) is 0 Å². The largest absolute Gasteiger partial charge is 0.500 e. The van der Waals surface area contributed by atoms with Gasteiger partial charge in [-0.15, -0.1) is 0 Å².